The quantitative estimate of drug-likeness (QED) is 0.260. The summed E-state index contributed by atoms with van der Waals surface area (Å²) in [7, 11) is -3.40. The molecule has 0 aliphatic carbocycles. The number of morpholine rings is 2. The number of nitrogens with zero attached hydrogens (tertiary/aromatic N) is 4. The van der Waals surface area contributed by atoms with E-state index in [4.69, 9.17) is 23.3 Å². The number of hydrogen-bond donors (Lipinski definition) is 1. The highest BCUT2D eigenvalue weighted by molar-refractivity contribution is 7.52. The second-order valence-electron chi connectivity index (χ2n) is 14.2. The first-order chi connectivity index (χ1) is 25.3. The van der Waals surface area contributed by atoms with Gasteiger partial charge >= 0.3 is 13.7 Å². The third-order valence-corrected chi connectivity index (χ3v) is 11.6. The van der Waals surface area contributed by atoms with Crippen molar-refractivity contribution in [3.8, 4) is 5.75 Å². The lowest BCUT2D eigenvalue weighted by Crippen LogP contribution is -2.66. The summed E-state index contributed by atoms with van der Waals surface area (Å²) < 4.78 is 75.6. The van der Waals surface area contributed by atoms with Gasteiger partial charge in [0.1, 0.15) is 18.2 Å². The van der Waals surface area contributed by atoms with E-state index in [2.05, 4.69) is 5.09 Å². The second-order valence-corrected chi connectivity index (χ2v) is 15.9. The number of ether oxygens (including phenoxy) is 3. The lowest BCUT2D eigenvalue weighted by Gasteiger charge is -2.51. The van der Waals surface area contributed by atoms with Gasteiger partial charge in [0.15, 0.2) is 17.3 Å². The van der Waals surface area contributed by atoms with Crippen LogP contribution in [0.15, 0.2) is 53.5 Å². The first kappa shape index (κ1) is 37.0. The number of esters is 1. The fraction of sp³-hybridized carbons (Fsp3) is 0.472. The van der Waals surface area contributed by atoms with Gasteiger partial charge in [-0.25, -0.2) is 13.3 Å². The van der Waals surface area contributed by atoms with Crippen molar-refractivity contribution in [2.75, 3.05) is 63.1 Å². The number of nitrogens with one attached hydrogen (secondary N) is 1. The maximum atomic E-state index is 16.2. The van der Waals surface area contributed by atoms with Gasteiger partial charge in [0, 0.05) is 42.2 Å². The molecule has 2 saturated heterocycles. The van der Waals surface area contributed by atoms with Crippen LogP contribution in [0.3, 0.4) is 0 Å². The van der Waals surface area contributed by atoms with Crippen LogP contribution in [-0.4, -0.2) is 86.9 Å². The van der Waals surface area contributed by atoms with Crippen LogP contribution in [0.1, 0.15) is 67.0 Å². The largest absolute Gasteiger partial charge is 0.468 e. The summed E-state index contributed by atoms with van der Waals surface area (Å²) in [5.74, 6) is -3.99. The van der Waals surface area contributed by atoms with Crippen LogP contribution in [0, 0.1) is 17.0 Å². The van der Waals surface area contributed by atoms with Crippen molar-refractivity contribution >= 4 is 25.3 Å². The first-order valence-corrected chi connectivity index (χ1v) is 19.0. The third-order valence-electron chi connectivity index (χ3n) is 9.98. The average Bonchev–Trinajstić information content (AvgIpc) is 3.26. The molecule has 7 rings (SSSR count). The molecular weight excluding hydrogens is 715 g/mol. The summed E-state index contributed by atoms with van der Waals surface area (Å²) in [6, 6.07) is 8.49. The number of amides is 1. The Morgan fingerprint density at radius 2 is 1.74 bits per heavy atom. The zero-order chi connectivity index (χ0) is 37.8. The van der Waals surface area contributed by atoms with Gasteiger partial charge in [-0.1, -0.05) is 45.0 Å². The van der Waals surface area contributed by atoms with Crippen LogP contribution in [-0.2, 0) is 28.1 Å². The number of rotatable bonds is 8. The summed E-state index contributed by atoms with van der Waals surface area (Å²) in [4.78, 5) is 44.7. The van der Waals surface area contributed by atoms with Crippen LogP contribution in [0.25, 0.3) is 0 Å². The molecule has 1 N–H and O–H groups in total. The number of methoxy groups -OCH3 is 1. The lowest BCUT2D eigenvalue weighted by molar-refractivity contribution is -0.145. The van der Waals surface area contributed by atoms with Gasteiger partial charge in [-0.15, -0.1) is 0 Å². The number of pyridine rings is 1. The number of anilines is 1. The molecular formula is C36H42F2N5O9P. The van der Waals surface area contributed by atoms with Crippen molar-refractivity contribution in [1.29, 1.82) is 0 Å². The van der Waals surface area contributed by atoms with Gasteiger partial charge in [-0.3, -0.25) is 28.6 Å². The maximum absolute atomic E-state index is 16.2. The molecule has 5 atom stereocenters. The van der Waals surface area contributed by atoms with Gasteiger partial charge in [-0.05, 0) is 30.0 Å². The summed E-state index contributed by atoms with van der Waals surface area (Å²) >= 11 is 0. The molecule has 17 heteroatoms. The molecule has 2 aromatic carbocycles. The van der Waals surface area contributed by atoms with E-state index in [1.54, 1.807) is 32.7 Å². The number of para-hydroxylation sites is 1. The number of benzene rings is 2. The highest BCUT2D eigenvalue weighted by Gasteiger charge is 2.49. The molecule has 1 amide bonds. The lowest BCUT2D eigenvalue weighted by atomic mass is 9.87. The van der Waals surface area contributed by atoms with Crippen LogP contribution >= 0.6 is 7.75 Å². The Morgan fingerprint density at radius 3 is 2.45 bits per heavy atom. The van der Waals surface area contributed by atoms with Gasteiger partial charge in [0.2, 0.25) is 11.2 Å². The number of hydrogen-bond acceptors (Lipinski definition) is 11. The Labute approximate surface area is 305 Å². The standard InChI is InChI=1S/C36H42F2N5O9P/c1-6-51-53(47,39-33(35(46)48-5)36(2,3)4)52-32-26(44)13-14-42-31(32)34(45)41-16-18-50-20-27(41)43(42)30-21-9-7-8-10-24(21)40-15-17-49-19-25(40)28-22(30)11-12-23(37)29(28)38/h7-14,25,27,30,33H,6,15-20H2,1-5H3,(H,39,47)/t25?,27?,30?,33-,53?/m0/s1. The molecule has 4 unspecified atom stereocenters. The molecule has 5 heterocycles. The van der Waals surface area contributed by atoms with Crippen molar-refractivity contribution in [3.05, 3.63) is 92.9 Å². The number of carbonyl (C=O) groups is 2. The van der Waals surface area contributed by atoms with Gasteiger partial charge in [-0.2, -0.15) is 5.09 Å². The second kappa shape index (κ2) is 14.1. The summed E-state index contributed by atoms with van der Waals surface area (Å²) in [5, 5.41) is 4.44. The van der Waals surface area contributed by atoms with E-state index < -0.39 is 72.1 Å². The highest BCUT2D eigenvalue weighted by Crippen LogP contribution is 2.50. The molecule has 2 fully saturated rings. The SMILES string of the molecule is CCOP(=O)(N[C@@H](C(=O)OC)C(C)(C)C)Oc1c2n(ccc1=O)N(C1c3ccccc3N3CCOCC3c3c1ccc(F)c3F)C1COCCN1C2=O. The Morgan fingerprint density at radius 1 is 1.02 bits per heavy atom. The van der Waals surface area contributed by atoms with Gasteiger partial charge in [0.05, 0.1) is 46.2 Å². The predicted octanol–water partition coefficient (Wildman–Crippen LogP) is 4.26. The number of fused-ring (bicyclic) bond motifs is 7. The first-order valence-electron chi connectivity index (χ1n) is 17.4. The topological polar surface area (TPSA) is 141 Å². The van der Waals surface area contributed by atoms with Gasteiger partial charge in [0.25, 0.3) is 5.91 Å². The molecule has 53 heavy (non-hydrogen) atoms. The molecule has 4 aliphatic rings. The minimum Gasteiger partial charge on any atom is -0.468 e. The summed E-state index contributed by atoms with van der Waals surface area (Å²) in [6.07, 6.45) is 0.592. The highest BCUT2D eigenvalue weighted by atomic mass is 31.2. The maximum Gasteiger partial charge on any atom is 0.459 e. The Bertz CT molecular complexity index is 2040. The molecule has 284 valence electrons. The van der Waals surface area contributed by atoms with E-state index >= 15 is 8.78 Å². The normalized spacial score (nSPS) is 22.7. The molecule has 0 saturated carbocycles. The van der Waals surface area contributed by atoms with Crippen molar-refractivity contribution in [2.45, 2.75) is 52.0 Å². The molecule has 3 aromatic rings. The van der Waals surface area contributed by atoms with Gasteiger partial charge < -0.3 is 28.5 Å². The smallest absolute Gasteiger partial charge is 0.459 e. The third kappa shape index (κ3) is 6.39. The van der Waals surface area contributed by atoms with Crippen LogP contribution in [0.4, 0.5) is 14.5 Å². The van der Waals surface area contributed by atoms with Crippen LogP contribution < -0.4 is 24.9 Å². The molecule has 4 aliphatic heterocycles. The number of carbonyl (C=O) groups excluding carboxylic acids is 2. The van der Waals surface area contributed by atoms with E-state index in [1.165, 1.54) is 28.9 Å². The predicted molar refractivity (Wildman–Crippen MR) is 188 cm³/mol. The minimum atomic E-state index is -4.58. The van der Waals surface area contributed by atoms with Crippen molar-refractivity contribution in [3.63, 3.8) is 0 Å². The Hall–Kier alpha value is -4.34. The van der Waals surface area contributed by atoms with Crippen molar-refractivity contribution < 1.29 is 46.2 Å². The number of halogens is 2. The Balaban J connectivity index is 1.46. The fourth-order valence-electron chi connectivity index (χ4n) is 7.59. The zero-order valence-electron chi connectivity index (χ0n) is 30.0. The van der Waals surface area contributed by atoms with Crippen molar-refractivity contribution in [1.82, 2.24) is 14.7 Å². The zero-order valence-corrected chi connectivity index (χ0v) is 30.9. The molecule has 0 radical (unpaired) electrons. The molecule has 0 bridgehead atoms. The fourth-order valence-corrected chi connectivity index (χ4v) is 9.33. The average molecular weight is 758 g/mol. The van der Waals surface area contributed by atoms with E-state index in [1.807, 2.05) is 29.2 Å². The van der Waals surface area contributed by atoms with E-state index in [0.717, 1.165) is 17.8 Å². The molecule has 14 nitrogen and oxygen atoms in total. The van der Waals surface area contributed by atoms with Crippen LogP contribution in [0.5, 0.6) is 5.75 Å². The number of aromatic nitrogens is 1. The summed E-state index contributed by atoms with van der Waals surface area (Å²) in [6.45, 7) is 7.76. The molecule has 0 spiro atoms. The van der Waals surface area contributed by atoms with E-state index in [9.17, 15) is 18.9 Å². The Kier molecular flexibility index (Phi) is 9.87. The van der Waals surface area contributed by atoms with E-state index in [0.29, 0.717) is 24.3 Å². The van der Waals surface area contributed by atoms with E-state index in [-0.39, 0.29) is 44.2 Å². The minimum absolute atomic E-state index is 0.0345. The molecule has 1 aromatic heterocycles. The monoisotopic (exact) mass is 757 g/mol. The van der Waals surface area contributed by atoms with Crippen molar-refractivity contribution in [2.24, 2.45) is 5.41 Å². The van der Waals surface area contributed by atoms with Crippen LogP contribution in [0.2, 0.25) is 0 Å². The summed E-state index contributed by atoms with van der Waals surface area (Å²) in [5.41, 5.74) is 0.0587.